The third kappa shape index (κ3) is 4.20. The minimum absolute atomic E-state index is 0.000218. The summed E-state index contributed by atoms with van der Waals surface area (Å²) in [6.07, 6.45) is 0. The lowest BCUT2D eigenvalue weighted by molar-refractivity contribution is -0.118. The molecule has 3 rings (SSSR count). The van der Waals surface area contributed by atoms with Gasteiger partial charge < -0.3 is 14.8 Å². The van der Waals surface area contributed by atoms with E-state index in [1.54, 1.807) is 0 Å². The molecule has 9 heteroatoms. The topological polar surface area (TPSA) is 77.5 Å². The number of nitrogens with one attached hydrogen (secondary N) is 1. The van der Waals surface area contributed by atoms with Gasteiger partial charge in [0.2, 0.25) is 0 Å². The molecule has 1 amide bonds. The number of carbonyl (C=O) groups is 2. The van der Waals surface area contributed by atoms with Gasteiger partial charge in [-0.05, 0) is 30.3 Å². The third-order valence-corrected chi connectivity index (χ3v) is 3.69. The number of hydrogen-bond donors (Lipinski definition) is 1. The van der Waals surface area contributed by atoms with Crippen molar-refractivity contribution in [2.24, 2.45) is 0 Å². The highest BCUT2D eigenvalue weighted by Gasteiger charge is 2.16. The Bertz CT molecular complexity index is 1070. The minimum Gasteiger partial charge on any atom is -0.483 e. The smallest absolute Gasteiger partial charge is 0.356 e. The Labute approximate surface area is 156 Å². The Balaban J connectivity index is 1.84. The molecule has 1 heterocycles. The van der Waals surface area contributed by atoms with E-state index in [1.807, 2.05) is 0 Å². The second kappa shape index (κ2) is 7.95. The monoisotopic (exact) mass is 390 g/mol. The number of methoxy groups -OCH3 is 1. The highest BCUT2D eigenvalue weighted by molar-refractivity contribution is 5.95. The van der Waals surface area contributed by atoms with Gasteiger partial charge in [-0.1, -0.05) is 0 Å². The molecule has 0 saturated carbocycles. The Morgan fingerprint density at radius 1 is 1.04 bits per heavy atom. The largest absolute Gasteiger partial charge is 0.483 e. The van der Waals surface area contributed by atoms with Crippen LogP contribution < -0.4 is 10.1 Å². The molecule has 144 valence electrons. The molecule has 0 fully saturated rings. The maximum absolute atomic E-state index is 13.6. The molecular formula is C19H13F3N2O4. The van der Waals surface area contributed by atoms with Crippen LogP contribution in [-0.4, -0.2) is 30.6 Å². The lowest BCUT2D eigenvalue weighted by atomic mass is 10.1. The van der Waals surface area contributed by atoms with Crippen molar-refractivity contribution >= 4 is 28.5 Å². The molecule has 0 radical (unpaired) electrons. The van der Waals surface area contributed by atoms with E-state index in [1.165, 1.54) is 19.2 Å². The van der Waals surface area contributed by atoms with Crippen LogP contribution in [0.2, 0.25) is 0 Å². The molecule has 0 spiro atoms. The van der Waals surface area contributed by atoms with Gasteiger partial charge in [-0.15, -0.1) is 0 Å². The standard InChI is InChI=1S/C19H13F3N2O4/c1-27-19(26)16-8-17(12-6-10(20)3-5-14(12)23-16)28-9-18(25)24-15-7-11(21)2-4-13(15)22/h2-8H,9H2,1H3,(H,24,25). The zero-order valence-electron chi connectivity index (χ0n) is 14.5. The molecule has 0 aliphatic heterocycles. The molecular weight excluding hydrogens is 377 g/mol. The normalized spacial score (nSPS) is 10.6. The summed E-state index contributed by atoms with van der Waals surface area (Å²) in [5.41, 5.74) is -0.210. The van der Waals surface area contributed by atoms with E-state index >= 15 is 0 Å². The van der Waals surface area contributed by atoms with Crippen LogP contribution in [-0.2, 0) is 9.53 Å². The van der Waals surface area contributed by atoms with Crippen molar-refractivity contribution in [3.63, 3.8) is 0 Å². The first-order valence-electron chi connectivity index (χ1n) is 7.93. The number of anilines is 1. The summed E-state index contributed by atoms with van der Waals surface area (Å²) in [6.45, 7) is -0.605. The van der Waals surface area contributed by atoms with Crippen molar-refractivity contribution in [1.82, 2.24) is 4.98 Å². The van der Waals surface area contributed by atoms with Crippen LogP contribution >= 0.6 is 0 Å². The van der Waals surface area contributed by atoms with Gasteiger partial charge in [0.25, 0.3) is 5.91 Å². The van der Waals surface area contributed by atoms with Gasteiger partial charge >= 0.3 is 5.97 Å². The number of rotatable bonds is 5. The first kappa shape index (κ1) is 19.2. The number of esters is 1. The van der Waals surface area contributed by atoms with E-state index in [0.717, 1.165) is 30.3 Å². The van der Waals surface area contributed by atoms with Crippen molar-refractivity contribution in [2.45, 2.75) is 0 Å². The number of carbonyl (C=O) groups excluding carboxylic acids is 2. The summed E-state index contributed by atoms with van der Waals surface area (Å²) in [5, 5.41) is 2.39. The summed E-state index contributed by atoms with van der Waals surface area (Å²) >= 11 is 0. The van der Waals surface area contributed by atoms with Crippen LogP contribution in [0.4, 0.5) is 18.9 Å². The van der Waals surface area contributed by atoms with Gasteiger partial charge in [-0.2, -0.15) is 0 Å². The first-order valence-corrected chi connectivity index (χ1v) is 7.93. The third-order valence-electron chi connectivity index (χ3n) is 3.69. The summed E-state index contributed by atoms with van der Waals surface area (Å²) < 4.78 is 50.3. The van der Waals surface area contributed by atoms with E-state index in [4.69, 9.17) is 4.74 Å². The number of hydrogen-bond acceptors (Lipinski definition) is 5. The zero-order chi connectivity index (χ0) is 20.3. The van der Waals surface area contributed by atoms with Crippen molar-refractivity contribution in [3.8, 4) is 5.75 Å². The number of halogens is 3. The molecule has 0 unspecified atom stereocenters. The number of pyridine rings is 1. The number of ether oxygens (including phenoxy) is 2. The van der Waals surface area contributed by atoms with Gasteiger partial charge in [-0.25, -0.2) is 22.9 Å². The summed E-state index contributed by atoms with van der Waals surface area (Å²) in [5.74, 6) is -3.65. The number of nitrogens with zero attached hydrogens (tertiary/aromatic N) is 1. The van der Waals surface area contributed by atoms with Gasteiger partial charge in [0.1, 0.15) is 23.2 Å². The molecule has 3 aromatic rings. The van der Waals surface area contributed by atoms with Crippen molar-refractivity contribution < 1.29 is 32.2 Å². The molecule has 28 heavy (non-hydrogen) atoms. The second-order valence-electron chi connectivity index (χ2n) is 5.62. The lowest BCUT2D eigenvalue weighted by Crippen LogP contribution is -2.21. The SMILES string of the molecule is COC(=O)c1cc(OCC(=O)Nc2cc(F)ccc2F)c2cc(F)ccc2n1. The molecule has 2 aromatic carbocycles. The average Bonchev–Trinajstić information content (AvgIpc) is 2.68. The second-order valence-corrected chi connectivity index (χ2v) is 5.62. The number of amides is 1. The Kier molecular flexibility index (Phi) is 5.44. The molecule has 1 aromatic heterocycles. The fourth-order valence-electron chi connectivity index (χ4n) is 2.42. The van der Waals surface area contributed by atoms with Crippen LogP contribution in [0.3, 0.4) is 0 Å². The zero-order valence-corrected chi connectivity index (χ0v) is 14.5. The number of aromatic nitrogens is 1. The number of benzene rings is 2. The Hall–Kier alpha value is -3.62. The van der Waals surface area contributed by atoms with Crippen molar-refractivity contribution in [2.75, 3.05) is 19.0 Å². The van der Waals surface area contributed by atoms with Gasteiger partial charge in [0, 0.05) is 17.5 Å². The predicted octanol–water partition coefficient (Wildman–Crippen LogP) is 3.46. The maximum Gasteiger partial charge on any atom is 0.356 e. The van der Waals surface area contributed by atoms with Crippen LogP contribution in [0.15, 0.2) is 42.5 Å². The minimum atomic E-state index is -0.820. The van der Waals surface area contributed by atoms with Crippen molar-refractivity contribution in [3.05, 3.63) is 65.6 Å². The van der Waals surface area contributed by atoms with Gasteiger partial charge in [-0.3, -0.25) is 4.79 Å². The Morgan fingerprint density at radius 3 is 2.50 bits per heavy atom. The summed E-state index contributed by atoms with van der Waals surface area (Å²) in [7, 11) is 1.17. The van der Waals surface area contributed by atoms with Crippen LogP contribution in [0.5, 0.6) is 5.75 Å². The quantitative estimate of drug-likeness (QED) is 0.675. The van der Waals surface area contributed by atoms with E-state index < -0.39 is 35.9 Å². The lowest BCUT2D eigenvalue weighted by Gasteiger charge is -2.11. The van der Waals surface area contributed by atoms with E-state index in [9.17, 15) is 22.8 Å². The number of fused-ring (bicyclic) bond motifs is 1. The fourth-order valence-corrected chi connectivity index (χ4v) is 2.42. The summed E-state index contributed by atoms with van der Waals surface area (Å²) in [4.78, 5) is 27.8. The average molecular weight is 390 g/mol. The molecule has 1 N–H and O–H groups in total. The predicted molar refractivity (Wildman–Crippen MR) is 93.5 cm³/mol. The van der Waals surface area contributed by atoms with E-state index in [-0.39, 0.29) is 28.0 Å². The molecule has 0 bridgehead atoms. The van der Waals surface area contributed by atoms with Crippen LogP contribution in [0, 0.1) is 17.5 Å². The van der Waals surface area contributed by atoms with Gasteiger partial charge in [0.05, 0.1) is 18.3 Å². The fraction of sp³-hybridized carbons (Fsp3) is 0.105. The van der Waals surface area contributed by atoms with Crippen LogP contribution in [0.1, 0.15) is 10.5 Å². The summed E-state index contributed by atoms with van der Waals surface area (Å²) in [6, 6.07) is 7.42. The Morgan fingerprint density at radius 2 is 1.75 bits per heavy atom. The molecule has 0 saturated heterocycles. The van der Waals surface area contributed by atoms with E-state index in [2.05, 4.69) is 15.0 Å². The van der Waals surface area contributed by atoms with Crippen LogP contribution in [0.25, 0.3) is 10.9 Å². The van der Waals surface area contributed by atoms with E-state index in [0.29, 0.717) is 0 Å². The molecule has 6 nitrogen and oxygen atoms in total. The molecule has 0 atom stereocenters. The van der Waals surface area contributed by atoms with Gasteiger partial charge in [0.15, 0.2) is 12.3 Å². The highest BCUT2D eigenvalue weighted by Crippen LogP contribution is 2.27. The first-order chi connectivity index (χ1) is 13.4. The molecule has 0 aliphatic carbocycles. The maximum atomic E-state index is 13.6. The van der Waals surface area contributed by atoms with Crippen molar-refractivity contribution in [1.29, 1.82) is 0 Å². The highest BCUT2D eigenvalue weighted by atomic mass is 19.1. The molecule has 0 aliphatic rings.